The zero-order valence-corrected chi connectivity index (χ0v) is 15.3. The van der Waals surface area contributed by atoms with Crippen LogP contribution in [0.5, 0.6) is 0 Å². The normalized spacial score (nSPS) is 23.9. The van der Waals surface area contributed by atoms with Crippen LogP contribution >= 0.6 is 0 Å². The fraction of sp³-hybridized carbons (Fsp3) is 0.824. The third kappa shape index (κ3) is 4.04. The Labute approximate surface area is 139 Å². The number of nitrogens with zero attached hydrogens (tertiary/aromatic N) is 2. The standard InChI is InChI=1S/C17H31N2O4/c1-11(2)17(6,23)12(3)8-9-16(5,22)13(4)19-10-14(20)18(7)15(19)21/h9,11-13,22-23H,8,10H2,1-7H3. The van der Waals surface area contributed by atoms with Gasteiger partial charge in [0.2, 0.25) is 5.91 Å². The van der Waals surface area contributed by atoms with Gasteiger partial charge in [0.25, 0.3) is 0 Å². The molecular weight excluding hydrogens is 296 g/mol. The quantitative estimate of drug-likeness (QED) is 0.697. The highest BCUT2D eigenvalue weighted by Gasteiger charge is 2.43. The van der Waals surface area contributed by atoms with Crippen molar-refractivity contribution in [3.8, 4) is 0 Å². The molecule has 0 aromatic heterocycles. The maximum atomic E-state index is 12.1. The molecule has 1 aliphatic heterocycles. The molecule has 1 saturated heterocycles. The van der Waals surface area contributed by atoms with E-state index in [4.69, 9.17) is 0 Å². The molecule has 1 radical (unpaired) electrons. The minimum absolute atomic E-state index is 0.0141. The van der Waals surface area contributed by atoms with Crippen molar-refractivity contribution in [2.45, 2.75) is 65.2 Å². The number of carbonyl (C=O) groups is 2. The Morgan fingerprint density at radius 2 is 1.70 bits per heavy atom. The molecule has 1 aliphatic rings. The molecule has 6 heteroatoms. The highest BCUT2D eigenvalue weighted by molar-refractivity contribution is 6.01. The first-order valence-corrected chi connectivity index (χ1v) is 8.18. The Hall–Kier alpha value is -1.14. The molecule has 0 aromatic carbocycles. The van der Waals surface area contributed by atoms with E-state index in [0.29, 0.717) is 6.42 Å². The molecular formula is C17H31N2O4. The molecule has 0 aliphatic carbocycles. The van der Waals surface area contributed by atoms with Crippen LogP contribution in [0.1, 0.15) is 48.0 Å². The lowest BCUT2D eigenvalue weighted by Crippen LogP contribution is -2.51. The molecule has 1 heterocycles. The van der Waals surface area contributed by atoms with Gasteiger partial charge in [-0.25, -0.2) is 4.79 Å². The number of likely N-dealkylation sites (N-methyl/N-ethyl adjacent to an activating group) is 1. The van der Waals surface area contributed by atoms with Gasteiger partial charge in [0.1, 0.15) is 6.54 Å². The Morgan fingerprint density at radius 3 is 2.09 bits per heavy atom. The minimum Gasteiger partial charge on any atom is -0.390 e. The summed E-state index contributed by atoms with van der Waals surface area (Å²) in [4.78, 5) is 26.1. The predicted octanol–water partition coefficient (Wildman–Crippen LogP) is 1.66. The smallest absolute Gasteiger partial charge is 0.327 e. The first-order chi connectivity index (χ1) is 10.3. The van der Waals surface area contributed by atoms with Crippen molar-refractivity contribution in [1.82, 2.24) is 9.80 Å². The van der Waals surface area contributed by atoms with Gasteiger partial charge >= 0.3 is 6.03 Å². The molecule has 4 unspecified atom stereocenters. The fourth-order valence-corrected chi connectivity index (χ4v) is 2.63. The zero-order valence-electron chi connectivity index (χ0n) is 15.3. The molecule has 4 atom stereocenters. The van der Waals surface area contributed by atoms with Crippen LogP contribution in [0.25, 0.3) is 0 Å². The number of imide groups is 1. The lowest BCUT2D eigenvalue weighted by atomic mass is 9.76. The van der Waals surface area contributed by atoms with E-state index in [1.165, 1.54) is 11.9 Å². The Bertz CT molecular complexity index is 460. The summed E-state index contributed by atoms with van der Waals surface area (Å²) in [6, 6.07) is -0.918. The summed E-state index contributed by atoms with van der Waals surface area (Å²) in [5.74, 6) is -0.215. The molecule has 133 valence electrons. The number of carbonyl (C=O) groups excluding carboxylic acids is 2. The molecule has 2 N–H and O–H groups in total. The summed E-state index contributed by atoms with van der Waals surface area (Å²) in [5, 5.41) is 21.2. The van der Waals surface area contributed by atoms with Crippen LogP contribution in [0.15, 0.2) is 0 Å². The average Bonchev–Trinajstić information content (AvgIpc) is 2.71. The third-order valence-corrected chi connectivity index (χ3v) is 5.58. The first kappa shape index (κ1) is 19.9. The molecule has 23 heavy (non-hydrogen) atoms. The summed E-state index contributed by atoms with van der Waals surface area (Å²) in [6.45, 7) is 11.0. The van der Waals surface area contributed by atoms with E-state index in [1.54, 1.807) is 27.2 Å². The first-order valence-electron chi connectivity index (χ1n) is 8.18. The van der Waals surface area contributed by atoms with Gasteiger partial charge < -0.3 is 15.1 Å². The highest BCUT2D eigenvalue weighted by atomic mass is 16.3. The molecule has 0 spiro atoms. The number of amides is 3. The molecule has 1 fully saturated rings. The van der Waals surface area contributed by atoms with Crippen LogP contribution in [-0.4, -0.2) is 62.8 Å². The van der Waals surface area contributed by atoms with Crippen molar-refractivity contribution < 1.29 is 19.8 Å². The van der Waals surface area contributed by atoms with E-state index >= 15 is 0 Å². The van der Waals surface area contributed by atoms with Gasteiger partial charge in [-0.3, -0.25) is 9.69 Å². The Balaban J connectivity index is 2.72. The minimum atomic E-state index is -1.25. The molecule has 3 amide bonds. The van der Waals surface area contributed by atoms with Crippen LogP contribution < -0.4 is 0 Å². The molecule has 1 rings (SSSR count). The number of urea groups is 1. The lowest BCUT2D eigenvalue weighted by Gasteiger charge is -2.39. The highest BCUT2D eigenvalue weighted by Crippen LogP contribution is 2.32. The van der Waals surface area contributed by atoms with Crippen LogP contribution in [0.2, 0.25) is 0 Å². The monoisotopic (exact) mass is 327 g/mol. The lowest BCUT2D eigenvalue weighted by molar-refractivity contribution is -0.124. The van der Waals surface area contributed by atoms with Crippen LogP contribution in [-0.2, 0) is 4.79 Å². The number of hydrogen-bond acceptors (Lipinski definition) is 4. The zero-order chi connectivity index (χ0) is 18.2. The van der Waals surface area contributed by atoms with Gasteiger partial charge in [-0.2, -0.15) is 0 Å². The topological polar surface area (TPSA) is 81.1 Å². The van der Waals surface area contributed by atoms with E-state index in [2.05, 4.69) is 0 Å². The maximum absolute atomic E-state index is 12.1. The van der Waals surface area contributed by atoms with Gasteiger partial charge in [0, 0.05) is 7.05 Å². The van der Waals surface area contributed by atoms with Crippen molar-refractivity contribution in [3.63, 3.8) is 0 Å². The summed E-state index contributed by atoms with van der Waals surface area (Å²) >= 11 is 0. The second kappa shape index (κ2) is 6.77. The summed E-state index contributed by atoms with van der Waals surface area (Å²) in [6.07, 6.45) is 2.24. The summed E-state index contributed by atoms with van der Waals surface area (Å²) in [5.41, 5.74) is -2.09. The van der Waals surface area contributed by atoms with Crippen molar-refractivity contribution in [2.24, 2.45) is 11.8 Å². The summed E-state index contributed by atoms with van der Waals surface area (Å²) in [7, 11) is 1.44. The number of hydrogen-bond donors (Lipinski definition) is 2. The van der Waals surface area contributed by atoms with E-state index < -0.39 is 23.3 Å². The Kier molecular flexibility index (Phi) is 5.86. The van der Waals surface area contributed by atoms with Gasteiger partial charge in [0.15, 0.2) is 0 Å². The average molecular weight is 327 g/mol. The van der Waals surface area contributed by atoms with Crippen molar-refractivity contribution in [2.75, 3.05) is 13.6 Å². The Morgan fingerprint density at radius 1 is 1.17 bits per heavy atom. The molecule has 0 saturated carbocycles. The van der Waals surface area contributed by atoms with Crippen LogP contribution in [0.3, 0.4) is 0 Å². The predicted molar refractivity (Wildman–Crippen MR) is 88.5 cm³/mol. The van der Waals surface area contributed by atoms with E-state index in [0.717, 1.165) is 4.90 Å². The molecule has 0 bridgehead atoms. The molecule has 0 aromatic rings. The SMILES string of the molecule is CC(N1CC(=O)N(C)C1=O)C(C)(O)[CH]CC(C)C(C)(O)C(C)C. The van der Waals surface area contributed by atoms with Gasteiger partial charge in [0.05, 0.1) is 17.2 Å². The second-order valence-electron chi connectivity index (χ2n) is 7.49. The van der Waals surface area contributed by atoms with E-state index in [-0.39, 0.29) is 24.3 Å². The maximum Gasteiger partial charge on any atom is 0.327 e. The fourth-order valence-electron chi connectivity index (χ4n) is 2.63. The third-order valence-electron chi connectivity index (χ3n) is 5.58. The van der Waals surface area contributed by atoms with E-state index in [1.807, 2.05) is 20.8 Å². The van der Waals surface area contributed by atoms with Gasteiger partial charge in [-0.1, -0.05) is 20.8 Å². The number of rotatable bonds is 7. The van der Waals surface area contributed by atoms with Crippen molar-refractivity contribution in [1.29, 1.82) is 0 Å². The van der Waals surface area contributed by atoms with Crippen molar-refractivity contribution in [3.05, 3.63) is 6.42 Å². The van der Waals surface area contributed by atoms with Gasteiger partial charge in [-0.05, 0) is 45.4 Å². The summed E-state index contributed by atoms with van der Waals surface area (Å²) < 4.78 is 0. The second-order valence-corrected chi connectivity index (χ2v) is 7.49. The number of aliphatic hydroxyl groups is 2. The van der Waals surface area contributed by atoms with Crippen LogP contribution in [0, 0.1) is 18.3 Å². The largest absolute Gasteiger partial charge is 0.390 e. The van der Waals surface area contributed by atoms with E-state index in [9.17, 15) is 19.8 Å². The van der Waals surface area contributed by atoms with Gasteiger partial charge in [-0.15, -0.1) is 0 Å². The van der Waals surface area contributed by atoms with Crippen LogP contribution in [0.4, 0.5) is 4.79 Å². The molecule has 6 nitrogen and oxygen atoms in total. The van der Waals surface area contributed by atoms with Crippen molar-refractivity contribution >= 4 is 11.9 Å².